The molecule has 0 saturated carbocycles. The van der Waals surface area contributed by atoms with Crippen LogP contribution in [0.15, 0.2) is 47.7 Å². The average molecular weight is 386 g/mol. The topological polar surface area (TPSA) is 74.5 Å². The summed E-state index contributed by atoms with van der Waals surface area (Å²) in [5, 5.41) is 18.1. The molecule has 6 nitrogen and oxygen atoms in total. The van der Waals surface area contributed by atoms with E-state index in [1.807, 2.05) is 31.5 Å². The molecule has 0 spiro atoms. The van der Waals surface area contributed by atoms with Crippen LogP contribution in [0.4, 0.5) is 0 Å². The van der Waals surface area contributed by atoms with Crippen LogP contribution in [0.2, 0.25) is 0 Å². The van der Waals surface area contributed by atoms with Crippen LogP contribution < -0.4 is 10.6 Å². The van der Waals surface area contributed by atoms with Gasteiger partial charge in [0.05, 0.1) is 0 Å². The van der Waals surface area contributed by atoms with Crippen molar-refractivity contribution in [1.82, 2.24) is 20.2 Å². The SMILES string of the molecule is CN=C(NCCCCn1ccnc1C)NCC(O)c1cc2ccccc2s1. The molecular weight excluding hydrogens is 358 g/mol. The Balaban J connectivity index is 1.38. The number of imidazole rings is 1. The predicted molar refractivity (Wildman–Crippen MR) is 112 cm³/mol. The van der Waals surface area contributed by atoms with E-state index in [0.29, 0.717) is 12.5 Å². The Hall–Kier alpha value is -2.38. The van der Waals surface area contributed by atoms with Crippen LogP contribution in [0.5, 0.6) is 0 Å². The normalized spacial score (nSPS) is 13.1. The summed E-state index contributed by atoms with van der Waals surface area (Å²) in [4.78, 5) is 9.43. The maximum Gasteiger partial charge on any atom is 0.191 e. The second-order valence-electron chi connectivity index (χ2n) is 6.46. The van der Waals surface area contributed by atoms with Crippen molar-refractivity contribution in [2.45, 2.75) is 32.4 Å². The first-order valence-electron chi connectivity index (χ1n) is 9.26. The minimum Gasteiger partial charge on any atom is -0.386 e. The van der Waals surface area contributed by atoms with E-state index in [1.54, 1.807) is 18.4 Å². The van der Waals surface area contributed by atoms with E-state index in [2.05, 4.69) is 43.4 Å². The number of nitrogens with one attached hydrogen (secondary N) is 2. The maximum absolute atomic E-state index is 10.5. The number of aliphatic imine (C=N–C) groups is 1. The first-order chi connectivity index (χ1) is 13.2. The van der Waals surface area contributed by atoms with Gasteiger partial charge in [0.15, 0.2) is 5.96 Å². The van der Waals surface area contributed by atoms with E-state index in [9.17, 15) is 5.11 Å². The number of aliphatic hydroxyl groups is 1. The smallest absolute Gasteiger partial charge is 0.191 e. The second-order valence-corrected chi connectivity index (χ2v) is 7.57. The predicted octanol–water partition coefficient (Wildman–Crippen LogP) is 3.09. The molecule has 3 aromatic rings. The molecular formula is C20H27N5OS. The lowest BCUT2D eigenvalue weighted by molar-refractivity contribution is 0.184. The second kappa shape index (κ2) is 9.53. The fourth-order valence-electron chi connectivity index (χ4n) is 2.94. The summed E-state index contributed by atoms with van der Waals surface area (Å²) in [7, 11) is 1.75. The lowest BCUT2D eigenvalue weighted by Gasteiger charge is -2.14. The van der Waals surface area contributed by atoms with Crippen LogP contribution in [0.1, 0.15) is 29.6 Å². The van der Waals surface area contributed by atoms with Crippen LogP contribution >= 0.6 is 11.3 Å². The number of aryl methyl sites for hydroxylation is 2. The Bertz CT molecular complexity index is 852. The van der Waals surface area contributed by atoms with Gasteiger partial charge in [-0.15, -0.1) is 11.3 Å². The molecule has 2 aromatic heterocycles. The maximum atomic E-state index is 10.5. The lowest BCUT2D eigenvalue weighted by atomic mass is 10.2. The summed E-state index contributed by atoms with van der Waals surface area (Å²) >= 11 is 1.63. The number of hydrogen-bond acceptors (Lipinski definition) is 4. The molecule has 0 aliphatic carbocycles. The molecule has 144 valence electrons. The Kier molecular flexibility index (Phi) is 6.84. The average Bonchev–Trinajstić information content (AvgIpc) is 3.29. The molecule has 0 amide bonds. The number of nitrogens with zero attached hydrogens (tertiary/aromatic N) is 3. The van der Waals surface area contributed by atoms with Crippen molar-refractivity contribution in [2.75, 3.05) is 20.1 Å². The van der Waals surface area contributed by atoms with Crippen molar-refractivity contribution >= 4 is 27.4 Å². The number of fused-ring (bicyclic) bond motifs is 1. The Morgan fingerprint density at radius 1 is 1.30 bits per heavy atom. The molecule has 1 unspecified atom stereocenters. The van der Waals surface area contributed by atoms with Gasteiger partial charge in [-0.1, -0.05) is 18.2 Å². The zero-order valence-corrected chi connectivity index (χ0v) is 16.7. The van der Waals surface area contributed by atoms with E-state index in [4.69, 9.17) is 0 Å². The van der Waals surface area contributed by atoms with Gasteiger partial charge in [0, 0.05) is 48.7 Å². The van der Waals surface area contributed by atoms with E-state index >= 15 is 0 Å². The van der Waals surface area contributed by atoms with Gasteiger partial charge >= 0.3 is 0 Å². The molecule has 27 heavy (non-hydrogen) atoms. The Labute approximate surface area is 164 Å². The Morgan fingerprint density at radius 3 is 2.89 bits per heavy atom. The van der Waals surface area contributed by atoms with E-state index in [1.165, 1.54) is 10.1 Å². The molecule has 0 aliphatic heterocycles. The van der Waals surface area contributed by atoms with Crippen LogP contribution in [0, 0.1) is 6.92 Å². The summed E-state index contributed by atoms with van der Waals surface area (Å²) in [6, 6.07) is 10.2. The van der Waals surface area contributed by atoms with Crippen LogP contribution in [-0.4, -0.2) is 40.8 Å². The van der Waals surface area contributed by atoms with Crippen molar-refractivity contribution in [3.05, 3.63) is 53.4 Å². The van der Waals surface area contributed by atoms with Crippen molar-refractivity contribution in [1.29, 1.82) is 0 Å². The minimum atomic E-state index is -0.551. The molecule has 0 radical (unpaired) electrons. The van der Waals surface area contributed by atoms with Crippen molar-refractivity contribution < 1.29 is 5.11 Å². The standard InChI is InChI=1S/C20H27N5OS/c1-15-22-10-12-25(15)11-6-5-9-23-20(21-2)24-14-17(26)19-13-16-7-3-4-8-18(16)27-19/h3-4,7-8,10,12-13,17,26H,5-6,9,11,14H2,1-2H3,(H2,21,23,24). The van der Waals surface area contributed by atoms with Crippen LogP contribution in [0.25, 0.3) is 10.1 Å². The third kappa shape index (κ3) is 5.30. The summed E-state index contributed by atoms with van der Waals surface area (Å²) in [5.74, 6) is 1.77. The number of guanidine groups is 1. The number of aliphatic hydroxyl groups excluding tert-OH is 1. The van der Waals surface area contributed by atoms with Gasteiger partial charge in [-0.3, -0.25) is 4.99 Å². The van der Waals surface area contributed by atoms with Crippen molar-refractivity contribution in [3.63, 3.8) is 0 Å². The van der Waals surface area contributed by atoms with Gasteiger partial charge in [0.25, 0.3) is 0 Å². The third-order valence-electron chi connectivity index (χ3n) is 4.50. The highest BCUT2D eigenvalue weighted by atomic mass is 32.1. The minimum absolute atomic E-state index is 0.431. The molecule has 2 heterocycles. The first-order valence-corrected chi connectivity index (χ1v) is 10.1. The molecule has 0 fully saturated rings. The molecule has 0 bridgehead atoms. The van der Waals surface area contributed by atoms with E-state index in [0.717, 1.165) is 36.6 Å². The van der Waals surface area contributed by atoms with Gasteiger partial charge in [-0.05, 0) is 37.3 Å². The Morgan fingerprint density at radius 2 is 2.15 bits per heavy atom. The van der Waals surface area contributed by atoms with E-state index < -0.39 is 6.10 Å². The highest BCUT2D eigenvalue weighted by Crippen LogP contribution is 2.29. The lowest BCUT2D eigenvalue weighted by Crippen LogP contribution is -2.39. The number of thiophene rings is 1. The summed E-state index contributed by atoms with van der Waals surface area (Å²) in [6.07, 6.45) is 5.41. The molecule has 0 saturated heterocycles. The van der Waals surface area contributed by atoms with Gasteiger partial charge in [0.1, 0.15) is 11.9 Å². The van der Waals surface area contributed by atoms with Crippen LogP contribution in [-0.2, 0) is 6.54 Å². The molecule has 3 rings (SSSR count). The van der Waals surface area contributed by atoms with Gasteiger partial charge in [-0.25, -0.2) is 4.98 Å². The molecule has 3 N–H and O–H groups in total. The van der Waals surface area contributed by atoms with Gasteiger partial charge in [-0.2, -0.15) is 0 Å². The summed E-state index contributed by atoms with van der Waals surface area (Å²) < 4.78 is 3.36. The number of benzene rings is 1. The summed E-state index contributed by atoms with van der Waals surface area (Å²) in [5.41, 5.74) is 0. The number of aromatic nitrogens is 2. The van der Waals surface area contributed by atoms with Gasteiger partial charge in [0.2, 0.25) is 0 Å². The molecule has 1 aromatic carbocycles. The number of hydrogen-bond donors (Lipinski definition) is 3. The quantitative estimate of drug-likeness (QED) is 0.316. The van der Waals surface area contributed by atoms with Crippen molar-refractivity contribution in [2.24, 2.45) is 4.99 Å². The van der Waals surface area contributed by atoms with Crippen LogP contribution in [0.3, 0.4) is 0 Å². The number of rotatable bonds is 8. The molecule has 7 heteroatoms. The zero-order chi connectivity index (χ0) is 19.1. The summed E-state index contributed by atoms with van der Waals surface area (Å²) in [6.45, 7) is 4.27. The highest BCUT2D eigenvalue weighted by molar-refractivity contribution is 7.19. The van der Waals surface area contributed by atoms with Gasteiger partial charge < -0.3 is 20.3 Å². The fraction of sp³-hybridized carbons (Fsp3) is 0.400. The highest BCUT2D eigenvalue weighted by Gasteiger charge is 2.12. The number of unbranched alkanes of at least 4 members (excludes halogenated alkanes) is 1. The van der Waals surface area contributed by atoms with Crippen molar-refractivity contribution in [3.8, 4) is 0 Å². The fourth-order valence-corrected chi connectivity index (χ4v) is 3.99. The molecule has 0 aliphatic rings. The first kappa shape index (κ1) is 19.4. The largest absolute Gasteiger partial charge is 0.386 e. The third-order valence-corrected chi connectivity index (χ3v) is 5.72. The van der Waals surface area contributed by atoms with E-state index in [-0.39, 0.29) is 0 Å². The molecule has 1 atom stereocenters. The monoisotopic (exact) mass is 385 g/mol. The zero-order valence-electron chi connectivity index (χ0n) is 15.9.